The van der Waals surface area contributed by atoms with E-state index in [0.717, 1.165) is 28.9 Å². The third-order valence-corrected chi connectivity index (χ3v) is 4.57. The van der Waals surface area contributed by atoms with Crippen LogP contribution in [-0.4, -0.2) is 23.6 Å². The number of methoxy groups -OCH3 is 1. The zero-order chi connectivity index (χ0) is 20.2. The first-order valence-electron chi connectivity index (χ1n) is 9.48. The fourth-order valence-corrected chi connectivity index (χ4v) is 3.37. The summed E-state index contributed by atoms with van der Waals surface area (Å²) in [6.45, 7) is 12.8. The maximum Gasteiger partial charge on any atom is 0.268 e. The van der Waals surface area contributed by atoms with Gasteiger partial charge in [-0.05, 0) is 70.4 Å². The fraction of sp³-hybridized carbons (Fsp3) is 0.435. The lowest BCUT2D eigenvalue weighted by molar-refractivity contribution is 0.0390. The monoisotopic (exact) mass is 368 g/mol. The lowest BCUT2D eigenvalue weighted by Gasteiger charge is -2.36. The van der Waals surface area contributed by atoms with Crippen LogP contribution in [0.2, 0.25) is 0 Å². The van der Waals surface area contributed by atoms with Crippen LogP contribution < -0.4 is 10.2 Å². The van der Waals surface area contributed by atoms with Crippen molar-refractivity contribution in [2.75, 3.05) is 7.11 Å². The molecule has 0 unspecified atom stereocenters. The number of carbonyl (C=O) groups is 1. The van der Waals surface area contributed by atoms with E-state index in [9.17, 15) is 4.79 Å². The third-order valence-electron chi connectivity index (χ3n) is 4.57. The minimum atomic E-state index is -0.361. The number of hydrogen-bond acceptors (Lipinski definition) is 3. The van der Waals surface area contributed by atoms with Crippen molar-refractivity contribution in [2.45, 2.75) is 60.0 Å². The van der Waals surface area contributed by atoms with Crippen LogP contribution >= 0.6 is 0 Å². The van der Waals surface area contributed by atoms with Gasteiger partial charge in [0.2, 0.25) is 0 Å². The number of nitrogens with one attached hydrogen (secondary N) is 1. The highest BCUT2D eigenvalue weighted by molar-refractivity contribution is 5.94. The molecule has 4 nitrogen and oxygen atoms in total. The Bertz CT molecular complexity index is 786. The average Bonchev–Trinajstić information content (AvgIpc) is 2.59. The Morgan fingerprint density at radius 2 is 1.74 bits per heavy atom. The van der Waals surface area contributed by atoms with Crippen molar-refractivity contribution >= 4 is 5.91 Å². The van der Waals surface area contributed by atoms with E-state index in [1.54, 1.807) is 12.1 Å². The average molecular weight is 369 g/mol. The van der Waals surface area contributed by atoms with Crippen molar-refractivity contribution in [3.05, 3.63) is 64.2 Å². The van der Waals surface area contributed by atoms with E-state index in [1.807, 2.05) is 58.9 Å². The van der Waals surface area contributed by atoms with Crippen LogP contribution in [0.3, 0.4) is 0 Å². The van der Waals surface area contributed by atoms with E-state index < -0.39 is 0 Å². The fourth-order valence-electron chi connectivity index (χ4n) is 3.37. The predicted molar refractivity (Wildman–Crippen MR) is 111 cm³/mol. The van der Waals surface area contributed by atoms with Crippen molar-refractivity contribution in [3.63, 3.8) is 0 Å². The normalized spacial score (nSPS) is 11.4. The molecule has 2 aromatic carbocycles. The highest BCUT2D eigenvalue weighted by Crippen LogP contribution is 2.24. The van der Waals surface area contributed by atoms with Gasteiger partial charge in [0.15, 0.2) is 0 Å². The van der Waals surface area contributed by atoms with Crippen molar-refractivity contribution in [1.82, 2.24) is 10.4 Å². The molecule has 2 aromatic rings. The molecular weight excluding hydrogens is 336 g/mol. The van der Waals surface area contributed by atoms with Crippen molar-refractivity contribution in [1.29, 1.82) is 0 Å². The molecule has 4 heteroatoms. The Labute approximate surface area is 163 Å². The quantitative estimate of drug-likeness (QED) is 0.743. The summed E-state index contributed by atoms with van der Waals surface area (Å²) in [5, 5.41) is 1.74. The minimum Gasteiger partial charge on any atom is -0.496 e. The maximum atomic E-state index is 13.2. The van der Waals surface area contributed by atoms with Crippen LogP contribution in [0.5, 0.6) is 5.75 Å². The number of nitrogens with zero attached hydrogens (tertiary/aromatic N) is 1. The molecule has 0 aliphatic heterocycles. The molecule has 0 aromatic heterocycles. The van der Waals surface area contributed by atoms with E-state index in [4.69, 9.17) is 4.74 Å². The summed E-state index contributed by atoms with van der Waals surface area (Å²) in [4.78, 5) is 13.2. The largest absolute Gasteiger partial charge is 0.496 e. The first kappa shape index (κ1) is 21.0. The maximum absolute atomic E-state index is 13.2. The molecule has 0 fully saturated rings. The molecule has 0 bridgehead atoms. The van der Waals surface area contributed by atoms with Crippen molar-refractivity contribution < 1.29 is 9.53 Å². The van der Waals surface area contributed by atoms with Gasteiger partial charge in [-0.1, -0.05) is 36.2 Å². The summed E-state index contributed by atoms with van der Waals surface area (Å²) < 4.78 is 5.49. The summed E-state index contributed by atoms with van der Waals surface area (Å²) >= 11 is 0. The van der Waals surface area contributed by atoms with Crippen LogP contribution in [-0.2, 0) is 13.0 Å². The summed E-state index contributed by atoms with van der Waals surface area (Å²) in [6, 6.07) is 12.0. The van der Waals surface area contributed by atoms with Gasteiger partial charge in [-0.15, -0.1) is 0 Å². The van der Waals surface area contributed by atoms with Gasteiger partial charge in [0.1, 0.15) is 5.75 Å². The summed E-state index contributed by atoms with van der Waals surface area (Å²) in [5.41, 5.74) is 8.20. The van der Waals surface area contributed by atoms with E-state index in [1.165, 1.54) is 5.56 Å². The van der Waals surface area contributed by atoms with Gasteiger partial charge >= 0.3 is 0 Å². The number of rotatable bonds is 6. The van der Waals surface area contributed by atoms with Crippen molar-refractivity contribution in [2.24, 2.45) is 0 Å². The summed E-state index contributed by atoms with van der Waals surface area (Å²) in [7, 11) is 1.69. The summed E-state index contributed by atoms with van der Waals surface area (Å²) in [6.07, 6.45) is 0.877. The van der Waals surface area contributed by atoms with Gasteiger partial charge in [0.25, 0.3) is 5.91 Å². The van der Waals surface area contributed by atoms with Crippen LogP contribution in [0.4, 0.5) is 0 Å². The number of benzene rings is 2. The number of hydrazine groups is 1. The highest BCUT2D eigenvalue weighted by atomic mass is 16.5. The molecule has 0 radical (unpaired) electrons. The topological polar surface area (TPSA) is 41.6 Å². The van der Waals surface area contributed by atoms with Gasteiger partial charge < -0.3 is 4.74 Å². The molecule has 0 saturated carbocycles. The lowest BCUT2D eigenvalue weighted by Crippen LogP contribution is -2.53. The minimum absolute atomic E-state index is 0.0183. The molecule has 27 heavy (non-hydrogen) atoms. The van der Waals surface area contributed by atoms with Gasteiger partial charge in [-0.2, -0.15) is 0 Å². The second-order valence-corrected chi connectivity index (χ2v) is 7.97. The van der Waals surface area contributed by atoms with E-state index in [2.05, 4.69) is 24.5 Å². The van der Waals surface area contributed by atoms with Crippen LogP contribution in [0, 0.1) is 13.8 Å². The van der Waals surface area contributed by atoms with E-state index in [-0.39, 0.29) is 11.4 Å². The molecule has 0 aliphatic rings. The summed E-state index contributed by atoms with van der Waals surface area (Å²) in [5.74, 6) is 0.870. The Morgan fingerprint density at radius 1 is 1.11 bits per heavy atom. The first-order valence-corrected chi connectivity index (χ1v) is 9.48. The first-order chi connectivity index (χ1) is 12.7. The number of ether oxygens (including phenoxy) is 1. The molecule has 0 heterocycles. The molecule has 0 aliphatic carbocycles. The van der Waals surface area contributed by atoms with Gasteiger partial charge in [0, 0.05) is 12.1 Å². The second kappa shape index (κ2) is 8.57. The van der Waals surface area contributed by atoms with Gasteiger partial charge in [0.05, 0.1) is 12.6 Å². The standard InChI is InChI=1S/C23H32N2O2/c1-8-20-18(10-9-11-21(20)27-7)15-24-25(23(4,5)6)22(26)19-13-16(2)12-17(3)14-19/h9-14,24H,8,15H2,1-7H3. The number of hydrogen-bond donors (Lipinski definition) is 1. The number of carbonyl (C=O) groups excluding carboxylic acids is 1. The lowest BCUT2D eigenvalue weighted by atomic mass is 10.0. The Kier molecular flexibility index (Phi) is 6.66. The second-order valence-electron chi connectivity index (χ2n) is 7.97. The predicted octanol–water partition coefficient (Wildman–Crippen LogP) is 4.82. The zero-order valence-electron chi connectivity index (χ0n) is 17.6. The SMILES string of the molecule is CCc1c(CNN(C(=O)c2cc(C)cc(C)c2)C(C)(C)C)cccc1OC. The Hall–Kier alpha value is -2.33. The highest BCUT2D eigenvalue weighted by Gasteiger charge is 2.28. The van der Waals surface area contributed by atoms with Crippen LogP contribution in [0.25, 0.3) is 0 Å². The van der Waals surface area contributed by atoms with E-state index in [0.29, 0.717) is 12.1 Å². The molecular formula is C23H32N2O2. The molecule has 1 N–H and O–H groups in total. The molecule has 0 saturated heterocycles. The number of amides is 1. The molecule has 0 atom stereocenters. The molecule has 0 spiro atoms. The van der Waals surface area contributed by atoms with Crippen molar-refractivity contribution in [3.8, 4) is 5.75 Å². The van der Waals surface area contributed by atoms with E-state index >= 15 is 0 Å². The third kappa shape index (κ3) is 5.10. The Morgan fingerprint density at radius 3 is 2.26 bits per heavy atom. The smallest absolute Gasteiger partial charge is 0.268 e. The molecule has 146 valence electrons. The Balaban J connectivity index is 2.30. The molecule has 2 rings (SSSR count). The zero-order valence-corrected chi connectivity index (χ0v) is 17.6. The van der Waals surface area contributed by atoms with Crippen LogP contribution in [0.1, 0.15) is 60.3 Å². The van der Waals surface area contributed by atoms with Gasteiger partial charge in [-0.25, -0.2) is 5.43 Å². The van der Waals surface area contributed by atoms with Crippen LogP contribution in [0.15, 0.2) is 36.4 Å². The number of aryl methyl sites for hydroxylation is 2. The van der Waals surface area contributed by atoms with Gasteiger partial charge in [-0.3, -0.25) is 9.80 Å². The molecule has 1 amide bonds.